The molecule has 0 unspecified atom stereocenters. The first kappa shape index (κ1) is 13.9. The summed E-state index contributed by atoms with van der Waals surface area (Å²) in [5.41, 5.74) is 5.35. The smallest absolute Gasteiger partial charge is 0.228 e. The van der Waals surface area contributed by atoms with Crippen molar-refractivity contribution in [2.24, 2.45) is 0 Å². The Labute approximate surface area is 104 Å². The fourth-order valence-electron chi connectivity index (χ4n) is 1.03. The summed E-state index contributed by atoms with van der Waals surface area (Å²) in [4.78, 5) is 11.1. The predicted molar refractivity (Wildman–Crippen MR) is 65.2 cm³/mol. The van der Waals surface area contributed by atoms with E-state index in [0.29, 0.717) is 6.54 Å². The Bertz CT molecular complexity index is 459. The lowest BCUT2D eigenvalue weighted by Gasteiger charge is -2.06. The molecule has 0 aliphatic heterocycles. The van der Waals surface area contributed by atoms with E-state index in [-0.39, 0.29) is 29.5 Å². The van der Waals surface area contributed by atoms with Crippen molar-refractivity contribution in [1.82, 2.24) is 19.7 Å². The second-order valence-corrected chi connectivity index (χ2v) is 5.29. The van der Waals surface area contributed by atoms with Crippen LogP contribution in [0.3, 0.4) is 0 Å². The Morgan fingerprint density at radius 2 is 2.06 bits per heavy atom. The van der Waals surface area contributed by atoms with Gasteiger partial charge in [0.15, 0.2) is 0 Å². The molecule has 0 bridgehead atoms. The van der Waals surface area contributed by atoms with E-state index >= 15 is 0 Å². The number of sulfonamides is 1. The molecule has 1 aromatic heterocycles. The van der Waals surface area contributed by atoms with Crippen LogP contribution in [0.15, 0.2) is 0 Å². The van der Waals surface area contributed by atoms with Gasteiger partial charge < -0.3 is 11.1 Å². The van der Waals surface area contributed by atoms with E-state index in [1.165, 1.54) is 0 Å². The fraction of sp³-hybridized carbons (Fsp3) is 0.571. The second-order valence-electron chi connectivity index (χ2n) is 3.03. The number of hydrogen-bond acceptors (Lipinski definition) is 7. The van der Waals surface area contributed by atoms with Crippen LogP contribution < -0.4 is 15.8 Å². The minimum atomic E-state index is -3.27. The fourth-order valence-corrected chi connectivity index (χ4v) is 2.16. The maximum Gasteiger partial charge on any atom is 0.228 e. The van der Waals surface area contributed by atoms with Crippen molar-refractivity contribution in [1.29, 1.82) is 0 Å². The van der Waals surface area contributed by atoms with Crippen molar-refractivity contribution in [3.05, 3.63) is 5.28 Å². The number of nitrogens with two attached hydrogens (primary N) is 1. The highest BCUT2D eigenvalue weighted by molar-refractivity contribution is 7.89. The Hall–Kier alpha value is -1.19. The van der Waals surface area contributed by atoms with Crippen molar-refractivity contribution < 1.29 is 8.42 Å². The minimum absolute atomic E-state index is 0.0259. The topological polar surface area (TPSA) is 123 Å². The van der Waals surface area contributed by atoms with Gasteiger partial charge in [-0.2, -0.15) is 15.0 Å². The van der Waals surface area contributed by atoms with Gasteiger partial charge in [0.2, 0.25) is 27.2 Å². The van der Waals surface area contributed by atoms with Crippen molar-refractivity contribution >= 4 is 33.5 Å². The van der Waals surface area contributed by atoms with Gasteiger partial charge in [0.1, 0.15) is 0 Å². The highest BCUT2D eigenvalue weighted by Gasteiger charge is 2.08. The van der Waals surface area contributed by atoms with Gasteiger partial charge in [-0.3, -0.25) is 0 Å². The molecule has 1 aromatic rings. The van der Waals surface area contributed by atoms with E-state index in [0.717, 1.165) is 0 Å². The first-order chi connectivity index (χ1) is 7.93. The van der Waals surface area contributed by atoms with Crippen molar-refractivity contribution in [3.8, 4) is 0 Å². The summed E-state index contributed by atoms with van der Waals surface area (Å²) in [5.74, 6) is 0.0283. The third-order valence-corrected chi connectivity index (χ3v) is 3.28. The molecule has 0 atom stereocenters. The Morgan fingerprint density at radius 1 is 1.35 bits per heavy atom. The van der Waals surface area contributed by atoms with Gasteiger partial charge in [0, 0.05) is 13.1 Å². The summed E-state index contributed by atoms with van der Waals surface area (Å²) in [7, 11) is -3.27. The molecule has 1 rings (SSSR count). The van der Waals surface area contributed by atoms with Crippen LogP contribution in [-0.2, 0) is 10.0 Å². The first-order valence-corrected chi connectivity index (χ1v) is 6.84. The van der Waals surface area contributed by atoms with Crippen LogP contribution in [0.4, 0.5) is 11.9 Å². The molecule has 0 amide bonds. The summed E-state index contributed by atoms with van der Waals surface area (Å²) < 4.78 is 25.0. The third-order valence-electron chi connectivity index (χ3n) is 1.64. The van der Waals surface area contributed by atoms with Crippen LogP contribution >= 0.6 is 11.6 Å². The summed E-state index contributed by atoms with van der Waals surface area (Å²) in [6.45, 7) is 2.21. The van der Waals surface area contributed by atoms with E-state index in [2.05, 4.69) is 25.0 Å². The SMILES string of the molecule is CCNS(=O)(=O)CCNc1nc(N)nc(Cl)n1. The molecule has 96 valence electrons. The van der Waals surface area contributed by atoms with Gasteiger partial charge in [-0.15, -0.1) is 0 Å². The van der Waals surface area contributed by atoms with Gasteiger partial charge >= 0.3 is 0 Å². The number of hydrogen-bond donors (Lipinski definition) is 3. The number of halogens is 1. The van der Waals surface area contributed by atoms with Gasteiger partial charge in [0.05, 0.1) is 5.75 Å². The summed E-state index contributed by atoms with van der Waals surface area (Å²) in [6, 6.07) is 0. The molecule has 0 radical (unpaired) electrons. The predicted octanol–water partition coefficient (Wildman–Crippen LogP) is -0.542. The lowest BCUT2D eigenvalue weighted by Crippen LogP contribution is -2.29. The molecule has 0 aliphatic rings. The number of nitrogens with zero attached hydrogens (tertiary/aromatic N) is 3. The van der Waals surface area contributed by atoms with E-state index in [4.69, 9.17) is 17.3 Å². The molecule has 0 aromatic carbocycles. The molecule has 17 heavy (non-hydrogen) atoms. The van der Waals surface area contributed by atoms with Crippen LogP contribution in [-0.4, -0.2) is 42.2 Å². The second kappa shape index (κ2) is 5.94. The van der Waals surface area contributed by atoms with Gasteiger partial charge in [-0.25, -0.2) is 13.1 Å². The average Bonchev–Trinajstić information content (AvgIpc) is 2.15. The Morgan fingerprint density at radius 3 is 2.65 bits per heavy atom. The van der Waals surface area contributed by atoms with Crippen molar-refractivity contribution in [2.45, 2.75) is 6.92 Å². The maximum absolute atomic E-state index is 11.3. The maximum atomic E-state index is 11.3. The molecule has 10 heteroatoms. The zero-order valence-corrected chi connectivity index (χ0v) is 10.7. The van der Waals surface area contributed by atoms with Gasteiger partial charge in [-0.05, 0) is 11.6 Å². The minimum Gasteiger partial charge on any atom is -0.368 e. The van der Waals surface area contributed by atoms with Crippen molar-refractivity contribution in [2.75, 3.05) is 29.9 Å². The lowest BCUT2D eigenvalue weighted by atomic mass is 10.7. The quantitative estimate of drug-likeness (QED) is 0.639. The van der Waals surface area contributed by atoms with Crippen LogP contribution in [0.1, 0.15) is 6.92 Å². The van der Waals surface area contributed by atoms with E-state index in [1.54, 1.807) is 6.92 Å². The zero-order valence-electron chi connectivity index (χ0n) is 9.14. The van der Waals surface area contributed by atoms with Crippen LogP contribution in [0, 0.1) is 0 Å². The number of anilines is 2. The van der Waals surface area contributed by atoms with Crippen LogP contribution in [0.25, 0.3) is 0 Å². The van der Waals surface area contributed by atoms with Crippen LogP contribution in [0.2, 0.25) is 5.28 Å². The highest BCUT2D eigenvalue weighted by atomic mass is 35.5. The molecular weight excluding hydrogens is 268 g/mol. The number of nitrogens with one attached hydrogen (secondary N) is 2. The number of nitrogen functional groups attached to an aromatic ring is 1. The first-order valence-electron chi connectivity index (χ1n) is 4.81. The highest BCUT2D eigenvalue weighted by Crippen LogP contribution is 2.06. The molecule has 0 saturated heterocycles. The largest absolute Gasteiger partial charge is 0.368 e. The third kappa shape index (κ3) is 5.11. The summed E-state index contributed by atoms with van der Waals surface area (Å²) >= 11 is 5.56. The van der Waals surface area contributed by atoms with Crippen LogP contribution in [0.5, 0.6) is 0 Å². The lowest BCUT2D eigenvalue weighted by molar-refractivity contribution is 0.584. The zero-order chi connectivity index (χ0) is 12.9. The molecule has 1 heterocycles. The van der Waals surface area contributed by atoms with Crippen molar-refractivity contribution in [3.63, 3.8) is 0 Å². The van der Waals surface area contributed by atoms with E-state index in [1.807, 2.05) is 0 Å². The Balaban J connectivity index is 2.51. The summed E-state index contributed by atoms with van der Waals surface area (Å²) in [6.07, 6.45) is 0. The molecule has 0 aliphatic carbocycles. The normalized spacial score (nSPS) is 11.4. The molecule has 4 N–H and O–H groups in total. The average molecular weight is 281 g/mol. The van der Waals surface area contributed by atoms with Gasteiger partial charge in [-0.1, -0.05) is 6.92 Å². The van der Waals surface area contributed by atoms with Gasteiger partial charge in [0.25, 0.3) is 0 Å². The van der Waals surface area contributed by atoms with E-state index < -0.39 is 10.0 Å². The number of rotatable bonds is 6. The van der Waals surface area contributed by atoms with E-state index in [9.17, 15) is 8.42 Å². The molecule has 0 spiro atoms. The molecule has 8 nitrogen and oxygen atoms in total. The number of aromatic nitrogens is 3. The molecule has 0 saturated carbocycles. The summed E-state index contributed by atoms with van der Waals surface area (Å²) in [5, 5.41) is 2.65. The molecule has 0 fully saturated rings. The Kier molecular flexibility index (Phi) is 4.85. The standard InChI is InChI=1S/C7H13ClN6O2S/c1-2-11-17(15,16)4-3-10-7-13-5(8)12-6(9)14-7/h11H,2-4H2,1H3,(H3,9,10,12,13,14). The molecular formula is C7H13ClN6O2S. The monoisotopic (exact) mass is 280 g/mol.